The number of rotatable bonds is 4. The van der Waals surface area contributed by atoms with Crippen LogP contribution in [0.25, 0.3) is 0 Å². The van der Waals surface area contributed by atoms with Gasteiger partial charge in [-0.15, -0.1) is 0 Å². The van der Waals surface area contributed by atoms with Gasteiger partial charge < -0.3 is 0 Å². The predicted octanol–water partition coefficient (Wildman–Crippen LogP) is 2.15. The van der Waals surface area contributed by atoms with Gasteiger partial charge in [0, 0.05) is 0 Å². The second kappa shape index (κ2) is 4.37. The van der Waals surface area contributed by atoms with Crippen molar-refractivity contribution >= 4 is 12.9 Å². The van der Waals surface area contributed by atoms with Crippen molar-refractivity contribution in [3.05, 3.63) is 43.2 Å². The fourth-order valence-corrected chi connectivity index (χ4v) is 7.99. The van der Waals surface area contributed by atoms with Crippen molar-refractivity contribution < 1.29 is 33.6 Å². The van der Waals surface area contributed by atoms with Gasteiger partial charge in [-0.2, -0.15) is 0 Å². The van der Waals surface area contributed by atoms with E-state index in [0.29, 0.717) is 12.9 Å². The second-order valence-electron chi connectivity index (χ2n) is 4.44. The Morgan fingerprint density at radius 2 is 1.44 bits per heavy atom. The first kappa shape index (κ1) is 11.7. The Labute approximate surface area is 109 Å². The maximum atomic E-state index is 10.9. The zero-order chi connectivity index (χ0) is 12.6. The van der Waals surface area contributed by atoms with Crippen molar-refractivity contribution in [2.24, 2.45) is 0 Å². The van der Waals surface area contributed by atoms with Crippen LogP contribution in [0, 0.1) is 0 Å². The van der Waals surface area contributed by atoms with Gasteiger partial charge in [0.2, 0.25) is 0 Å². The molecule has 18 heavy (non-hydrogen) atoms. The fourth-order valence-electron chi connectivity index (χ4n) is 2.96. The van der Waals surface area contributed by atoms with E-state index in [1.807, 2.05) is 24.3 Å². The Hall–Kier alpha value is -1.39. The Bertz CT molecular complexity index is 491. The number of carbonyl (C=O) groups is 2. The molecule has 0 radical (unpaired) electrons. The van der Waals surface area contributed by atoms with Gasteiger partial charge in [-0.3, -0.25) is 0 Å². The van der Waals surface area contributed by atoms with Crippen LogP contribution in [-0.4, -0.2) is 12.9 Å². The summed E-state index contributed by atoms with van der Waals surface area (Å²) in [6.45, 7) is 0.862. The molecular weight excluding hydrogens is 268 g/mol. The van der Waals surface area contributed by atoms with E-state index in [0.717, 1.165) is 38.2 Å². The first-order valence-electron chi connectivity index (χ1n) is 5.83. The summed E-state index contributed by atoms with van der Waals surface area (Å²) in [5, 5.41) is 0. The van der Waals surface area contributed by atoms with Crippen molar-refractivity contribution in [2.45, 2.75) is 19.3 Å². The van der Waals surface area contributed by atoms with E-state index in [9.17, 15) is 9.59 Å². The molecule has 0 aromatic carbocycles. The molecular formula is C13H12O4Ti. The van der Waals surface area contributed by atoms with Crippen LogP contribution in [0.3, 0.4) is 0 Å². The molecule has 0 aromatic heterocycles. The number of allylic oxidation sites excluding steroid dienone is 8. The van der Waals surface area contributed by atoms with Gasteiger partial charge in [-0.1, -0.05) is 0 Å². The molecule has 0 atom stereocenters. The van der Waals surface area contributed by atoms with Crippen LogP contribution in [0.15, 0.2) is 43.2 Å². The molecule has 1 heterocycles. The fraction of sp³-hybridized carbons (Fsp3) is 0.231. The zero-order valence-corrected chi connectivity index (χ0v) is 11.3. The van der Waals surface area contributed by atoms with Gasteiger partial charge in [-0.25, -0.2) is 0 Å². The summed E-state index contributed by atoms with van der Waals surface area (Å²) in [5.41, 5.74) is 2.31. The van der Waals surface area contributed by atoms with E-state index >= 15 is 0 Å². The van der Waals surface area contributed by atoms with Gasteiger partial charge in [0.1, 0.15) is 0 Å². The van der Waals surface area contributed by atoms with E-state index < -0.39 is 17.4 Å². The summed E-state index contributed by atoms with van der Waals surface area (Å²) in [7, 11) is 0. The zero-order valence-electron chi connectivity index (χ0n) is 9.72. The molecule has 0 saturated heterocycles. The Morgan fingerprint density at radius 1 is 0.944 bits per heavy atom. The monoisotopic (exact) mass is 280 g/mol. The Morgan fingerprint density at radius 3 is 1.89 bits per heavy atom. The molecule has 1 aliphatic heterocycles. The summed E-state index contributed by atoms with van der Waals surface area (Å²) in [6.07, 6.45) is 10.5. The SMILES string of the molecule is O=C[O][Ti]1([O]C=O)[C]2=C(C=CC2)CC2=[C]1CC=C2. The summed E-state index contributed by atoms with van der Waals surface area (Å²) >= 11 is -3.65. The van der Waals surface area contributed by atoms with Crippen LogP contribution in [0.1, 0.15) is 19.3 Å². The molecule has 0 N–H and O–H groups in total. The summed E-state index contributed by atoms with van der Waals surface area (Å²) in [4.78, 5) is 21.7. The van der Waals surface area contributed by atoms with Gasteiger partial charge in [0.05, 0.1) is 0 Å². The van der Waals surface area contributed by atoms with Crippen molar-refractivity contribution in [3.63, 3.8) is 0 Å². The van der Waals surface area contributed by atoms with Gasteiger partial charge in [0.15, 0.2) is 0 Å². The van der Waals surface area contributed by atoms with Crippen LogP contribution >= 0.6 is 0 Å². The predicted molar refractivity (Wildman–Crippen MR) is 60.5 cm³/mol. The molecule has 3 rings (SSSR count). The molecule has 0 saturated carbocycles. The molecule has 0 unspecified atom stereocenters. The van der Waals surface area contributed by atoms with E-state index in [4.69, 9.17) is 6.64 Å². The Balaban J connectivity index is 2.13. The van der Waals surface area contributed by atoms with E-state index in [1.165, 1.54) is 0 Å². The normalized spacial score (nSPS) is 22.9. The van der Waals surface area contributed by atoms with Crippen molar-refractivity contribution in [3.8, 4) is 0 Å². The molecule has 0 spiro atoms. The van der Waals surface area contributed by atoms with E-state index in [-0.39, 0.29) is 0 Å². The number of hydrogen-bond acceptors (Lipinski definition) is 4. The van der Waals surface area contributed by atoms with Crippen molar-refractivity contribution in [2.75, 3.05) is 0 Å². The first-order chi connectivity index (χ1) is 8.81. The van der Waals surface area contributed by atoms with E-state index in [1.54, 1.807) is 0 Å². The topological polar surface area (TPSA) is 52.6 Å². The summed E-state index contributed by atoms with van der Waals surface area (Å²) < 4.78 is 12.9. The molecule has 0 aromatic rings. The van der Waals surface area contributed by atoms with Crippen molar-refractivity contribution in [1.29, 1.82) is 0 Å². The third-order valence-electron chi connectivity index (χ3n) is 3.66. The molecule has 0 bridgehead atoms. The molecule has 92 valence electrons. The number of hydrogen-bond donors (Lipinski definition) is 0. The van der Waals surface area contributed by atoms with Crippen LogP contribution in [-0.2, 0) is 33.6 Å². The minimum absolute atomic E-state index is 0.431. The average molecular weight is 280 g/mol. The second-order valence-corrected chi connectivity index (χ2v) is 8.99. The maximum absolute atomic E-state index is 10.9. The van der Waals surface area contributed by atoms with Crippen LogP contribution in [0.2, 0.25) is 0 Å². The molecule has 4 nitrogen and oxygen atoms in total. The molecule has 3 aliphatic rings. The van der Waals surface area contributed by atoms with E-state index in [2.05, 4.69) is 0 Å². The van der Waals surface area contributed by atoms with Crippen LogP contribution in [0.4, 0.5) is 0 Å². The molecule has 2 aliphatic carbocycles. The summed E-state index contributed by atoms with van der Waals surface area (Å²) in [6, 6.07) is 0. The molecule has 5 heteroatoms. The van der Waals surface area contributed by atoms with Gasteiger partial charge in [0.25, 0.3) is 0 Å². The Kier molecular flexibility index (Phi) is 2.84. The standard InChI is InChI=1S/C11H10.2CH2O2.Ti/c1-2-6-10(5-1)9-11-7-3-4-8-11;2*2-1-3;/h1,3,5,7H,2,4,9H2;2*1H,(H,2,3);/q;;;+2/p-2. The number of carbonyl (C=O) groups excluding carboxylic acids is 2. The molecule has 0 fully saturated rings. The third-order valence-corrected chi connectivity index (χ3v) is 9.12. The van der Waals surface area contributed by atoms with Crippen LogP contribution in [0.5, 0.6) is 0 Å². The third kappa shape index (κ3) is 1.49. The average Bonchev–Trinajstić information content (AvgIpc) is 2.98. The van der Waals surface area contributed by atoms with Gasteiger partial charge in [-0.05, 0) is 0 Å². The summed E-state index contributed by atoms with van der Waals surface area (Å²) in [5.74, 6) is 0. The quantitative estimate of drug-likeness (QED) is 0.585. The first-order valence-corrected chi connectivity index (χ1v) is 8.66. The van der Waals surface area contributed by atoms with Gasteiger partial charge >= 0.3 is 109 Å². The minimum atomic E-state index is -3.65. The van der Waals surface area contributed by atoms with Crippen LogP contribution < -0.4 is 0 Å². The van der Waals surface area contributed by atoms with Crippen molar-refractivity contribution in [1.82, 2.24) is 0 Å². The molecule has 0 amide bonds.